The Morgan fingerprint density at radius 2 is 2.12 bits per heavy atom. The molecule has 0 aliphatic carbocycles. The quantitative estimate of drug-likeness (QED) is 0.649. The Morgan fingerprint density at radius 3 is 2.71 bits per heavy atom. The van der Waals surface area contributed by atoms with E-state index in [4.69, 9.17) is 4.74 Å². The molecule has 7 nitrogen and oxygen atoms in total. The summed E-state index contributed by atoms with van der Waals surface area (Å²) in [5.74, 6) is 0.146. The number of pyridine rings is 1. The number of hydrogen-bond donors (Lipinski definition) is 1. The Morgan fingerprint density at radius 1 is 1.38 bits per heavy atom. The van der Waals surface area contributed by atoms with Gasteiger partial charge in [-0.1, -0.05) is 6.92 Å². The van der Waals surface area contributed by atoms with E-state index in [1.807, 2.05) is 13.8 Å². The van der Waals surface area contributed by atoms with Crippen LogP contribution in [0, 0.1) is 17.0 Å². The molecule has 0 radical (unpaired) electrons. The molecule has 2 aromatic rings. The molecular weight excluding hydrogens is 310 g/mol. The molecule has 1 N–H and O–H groups in total. The Hall–Kier alpha value is -2.96. The molecule has 1 amide bonds. The zero-order valence-corrected chi connectivity index (χ0v) is 13.8. The zero-order chi connectivity index (χ0) is 17.7. The van der Waals surface area contributed by atoms with E-state index in [-0.39, 0.29) is 17.2 Å². The van der Waals surface area contributed by atoms with Crippen LogP contribution in [0.25, 0.3) is 11.1 Å². The average Bonchev–Trinajstić information content (AvgIpc) is 2.59. The Bertz CT molecular complexity index is 774. The van der Waals surface area contributed by atoms with Gasteiger partial charge in [0.2, 0.25) is 5.88 Å². The summed E-state index contributed by atoms with van der Waals surface area (Å²) in [4.78, 5) is 26.8. The summed E-state index contributed by atoms with van der Waals surface area (Å²) in [6.45, 7) is 4.40. The van der Waals surface area contributed by atoms with Crippen molar-refractivity contribution in [3.63, 3.8) is 0 Å². The number of carbonyl (C=O) groups is 1. The van der Waals surface area contributed by atoms with E-state index in [0.717, 1.165) is 12.0 Å². The maximum absolute atomic E-state index is 11.7. The summed E-state index contributed by atoms with van der Waals surface area (Å²) < 4.78 is 5.52. The fraction of sp³-hybridized carbons (Fsp3) is 0.294. The standard InChI is InChI=1S/C17H19N3O4/c1-4-7-24-17-11(2)8-13(10-19-17)14-6-5-12(16(21)18-3)9-15(14)20(22)23/h5-6,8-10H,4,7H2,1-3H3,(H,18,21). The molecule has 1 aromatic heterocycles. The molecule has 0 bridgehead atoms. The van der Waals surface area contributed by atoms with Gasteiger partial charge in [-0.15, -0.1) is 0 Å². The van der Waals surface area contributed by atoms with Crippen LogP contribution in [0.3, 0.4) is 0 Å². The summed E-state index contributed by atoms with van der Waals surface area (Å²) in [5, 5.41) is 13.8. The van der Waals surface area contributed by atoms with Gasteiger partial charge >= 0.3 is 0 Å². The first-order valence-corrected chi connectivity index (χ1v) is 7.58. The molecule has 1 heterocycles. The molecule has 1 aromatic carbocycles. The van der Waals surface area contributed by atoms with Crippen molar-refractivity contribution in [1.29, 1.82) is 0 Å². The lowest BCUT2D eigenvalue weighted by atomic mass is 10.0. The van der Waals surface area contributed by atoms with E-state index >= 15 is 0 Å². The van der Waals surface area contributed by atoms with Crippen molar-refractivity contribution in [3.8, 4) is 17.0 Å². The number of hydrogen-bond acceptors (Lipinski definition) is 5. The maximum atomic E-state index is 11.7. The van der Waals surface area contributed by atoms with Crippen LogP contribution in [-0.2, 0) is 0 Å². The fourth-order valence-corrected chi connectivity index (χ4v) is 2.27. The molecule has 0 unspecified atom stereocenters. The van der Waals surface area contributed by atoms with Crippen molar-refractivity contribution in [2.75, 3.05) is 13.7 Å². The van der Waals surface area contributed by atoms with Gasteiger partial charge in [0.25, 0.3) is 11.6 Å². The van der Waals surface area contributed by atoms with Crippen LogP contribution in [0.2, 0.25) is 0 Å². The van der Waals surface area contributed by atoms with Crippen LogP contribution in [0.4, 0.5) is 5.69 Å². The number of aromatic nitrogens is 1. The number of amides is 1. The maximum Gasteiger partial charge on any atom is 0.278 e. The molecular formula is C17H19N3O4. The van der Waals surface area contributed by atoms with Crippen LogP contribution in [-0.4, -0.2) is 29.5 Å². The summed E-state index contributed by atoms with van der Waals surface area (Å²) >= 11 is 0. The Kier molecular flexibility index (Phi) is 5.47. The topological polar surface area (TPSA) is 94.4 Å². The Balaban J connectivity index is 2.46. The molecule has 0 aliphatic rings. The van der Waals surface area contributed by atoms with E-state index in [2.05, 4.69) is 10.3 Å². The average molecular weight is 329 g/mol. The number of carbonyl (C=O) groups excluding carboxylic acids is 1. The first-order chi connectivity index (χ1) is 11.5. The van der Waals surface area contributed by atoms with Crippen molar-refractivity contribution < 1.29 is 14.5 Å². The van der Waals surface area contributed by atoms with E-state index in [9.17, 15) is 14.9 Å². The largest absolute Gasteiger partial charge is 0.477 e. The van der Waals surface area contributed by atoms with Gasteiger partial charge in [0, 0.05) is 36.0 Å². The van der Waals surface area contributed by atoms with Crippen molar-refractivity contribution in [2.24, 2.45) is 0 Å². The second-order valence-electron chi connectivity index (χ2n) is 5.26. The zero-order valence-electron chi connectivity index (χ0n) is 13.8. The second-order valence-corrected chi connectivity index (χ2v) is 5.26. The van der Waals surface area contributed by atoms with E-state index in [0.29, 0.717) is 23.6 Å². The number of nitrogens with one attached hydrogen (secondary N) is 1. The highest BCUT2D eigenvalue weighted by molar-refractivity contribution is 5.95. The second kappa shape index (κ2) is 7.54. The minimum absolute atomic E-state index is 0.139. The lowest BCUT2D eigenvalue weighted by molar-refractivity contribution is -0.384. The first kappa shape index (κ1) is 17.4. The van der Waals surface area contributed by atoms with E-state index in [1.54, 1.807) is 24.4 Å². The van der Waals surface area contributed by atoms with Crippen molar-refractivity contribution in [2.45, 2.75) is 20.3 Å². The number of benzene rings is 1. The third kappa shape index (κ3) is 3.68. The van der Waals surface area contributed by atoms with Gasteiger partial charge < -0.3 is 10.1 Å². The molecule has 2 rings (SSSR count). The Labute approximate surface area is 139 Å². The van der Waals surface area contributed by atoms with Gasteiger partial charge in [0.05, 0.1) is 17.1 Å². The van der Waals surface area contributed by atoms with Crippen molar-refractivity contribution in [1.82, 2.24) is 10.3 Å². The van der Waals surface area contributed by atoms with Crippen LogP contribution in [0.15, 0.2) is 30.5 Å². The van der Waals surface area contributed by atoms with Gasteiger partial charge in [-0.25, -0.2) is 4.98 Å². The highest BCUT2D eigenvalue weighted by atomic mass is 16.6. The minimum atomic E-state index is -0.501. The van der Waals surface area contributed by atoms with E-state index < -0.39 is 4.92 Å². The summed E-state index contributed by atoms with van der Waals surface area (Å²) in [5.41, 5.74) is 1.91. The van der Waals surface area contributed by atoms with Crippen molar-refractivity contribution in [3.05, 3.63) is 51.7 Å². The molecule has 0 atom stereocenters. The molecule has 0 fully saturated rings. The number of ether oxygens (including phenoxy) is 1. The monoisotopic (exact) mass is 329 g/mol. The number of nitrogens with zero attached hydrogens (tertiary/aromatic N) is 2. The normalized spacial score (nSPS) is 10.3. The van der Waals surface area contributed by atoms with E-state index in [1.165, 1.54) is 13.1 Å². The predicted molar refractivity (Wildman–Crippen MR) is 90.2 cm³/mol. The molecule has 7 heteroatoms. The summed E-state index contributed by atoms with van der Waals surface area (Å²) in [6.07, 6.45) is 2.41. The van der Waals surface area contributed by atoms with Crippen LogP contribution in [0.1, 0.15) is 29.3 Å². The highest BCUT2D eigenvalue weighted by Crippen LogP contribution is 2.32. The molecule has 24 heavy (non-hydrogen) atoms. The predicted octanol–water partition coefficient (Wildman–Crippen LogP) is 3.11. The minimum Gasteiger partial charge on any atom is -0.477 e. The molecule has 0 saturated carbocycles. The van der Waals surface area contributed by atoms with Gasteiger partial charge in [0.1, 0.15) is 0 Å². The molecule has 0 aliphatic heterocycles. The van der Waals surface area contributed by atoms with Crippen molar-refractivity contribution >= 4 is 11.6 Å². The highest BCUT2D eigenvalue weighted by Gasteiger charge is 2.19. The van der Waals surface area contributed by atoms with Gasteiger partial charge in [-0.05, 0) is 31.5 Å². The lowest BCUT2D eigenvalue weighted by Gasteiger charge is -2.10. The molecule has 126 valence electrons. The smallest absolute Gasteiger partial charge is 0.278 e. The number of nitro benzene ring substituents is 1. The SMILES string of the molecule is CCCOc1ncc(-c2ccc(C(=O)NC)cc2[N+](=O)[O-])cc1C. The third-order valence-electron chi connectivity index (χ3n) is 3.47. The lowest BCUT2D eigenvalue weighted by Crippen LogP contribution is -2.17. The number of nitro groups is 1. The third-order valence-corrected chi connectivity index (χ3v) is 3.47. The number of rotatable bonds is 6. The summed E-state index contributed by atoms with van der Waals surface area (Å²) in [7, 11) is 1.48. The fourth-order valence-electron chi connectivity index (χ4n) is 2.27. The van der Waals surface area contributed by atoms with Crippen LogP contribution >= 0.6 is 0 Å². The van der Waals surface area contributed by atoms with Gasteiger partial charge in [0.15, 0.2) is 0 Å². The number of aryl methyl sites for hydroxylation is 1. The van der Waals surface area contributed by atoms with Crippen LogP contribution < -0.4 is 10.1 Å². The van der Waals surface area contributed by atoms with Gasteiger partial charge in [-0.3, -0.25) is 14.9 Å². The van der Waals surface area contributed by atoms with Crippen LogP contribution in [0.5, 0.6) is 5.88 Å². The first-order valence-electron chi connectivity index (χ1n) is 7.58. The summed E-state index contributed by atoms with van der Waals surface area (Å²) in [6, 6.07) is 6.18. The molecule has 0 spiro atoms. The molecule has 0 saturated heterocycles. The van der Waals surface area contributed by atoms with Gasteiger partial charge in [-0.2, -0.15) is 0 Å².